The molecule has 1 fully saturated rings. The minimum absolute atomic E-state index is 0.748. The standard InChI is InChI=1S/C20H26BrN3/c21-20-15-19(9-8-18(20)7-4-10-22)24-13-11-23(12-14-24)16-17-5-2-1-3-6-17/h1-3,5-6,8-9,15H,4,7,10-14,16,22H2. The zero-order valence-electron chi connectivity index (χ0n) is 14.1. The van der Waals surface area contributed by atoms with E-state index in [-0.39, 0.29) is 0 Å². The summed E-state index contributed by atoms with van der Waals surface area (Å²) in [6.45, 7) is 6.19. The van der Waals surface area contributed by atoms with Crippen molar-refractivity contribution in [3.8, 4) is 0 Å². The Labute approximate surface area is 153 Å². The van der Waals surface area contributed by atoms with Crippen LogP contribution < -0.4 is 10.6 Å². The highest BCUT2D eigenvalue weighted by Gasteiger charge is 2.17. The number of piperazine rings is 1. The van der Waals surface area contributed by atoms with E-state index >= 15 is 0 Å². The maximum absolute atomic E-state index is 5.61. The maximum Gasteiger partial charge on any atom is 0.0378 e. The van der Waals surface area contributed by atoms with E-state index in [1.807, 2.05) is 0 Å². The van der Waals surface area contributed by atoms with Crippen molar-refractivity contribution in [3.63, 3.8) is 0 Å². The molecule has 1 heterocycles. The van der Waals surface area contributed by atoms with E-state index in [9.17, 15) is 0 Å². The lowest BCUT2D eigenvalue weighted by Gasteiger charge is -2.36. The van der Waals surface area contributed by atoms with Crippen LogP contribution in [0.25, 0.3) is 0 Å². The molecular formula is C20H26BrN3. The molecule has 3 rings (SSSR count). The summed E-state index contributed by atoms with van der Waals surface area (Å²) in [5, 5.41) is 0. The Morgan fingerprint density at radius 1 is 0.958 bits per heavy atom. The van der Waals surface area contributed by atoms with Crippen molar-refractivity contribution in [2.45, 2.75) is 19.4 Å². The smallest absolute Gasteiger partial charge is 0.0378 e. The van der Waals surface area contributed by atoms with Gasteiger partial charge >= 0.3 is 0 Å². The molecule has 1 aliphatic heterocycles. The first-order valence-corrected chi connectivity index (χ1v) is 9.55. The molecule has 2 N–H and O–H groups in total. The van der Waals surface area contributed by atoms with Gasteiger partial charge in [0.1, 0.15) is 0 Å². The Morgan fingerprint density at radius 2 is 1.71 bits per heavy atom. The molecule has 0 unspecified atom stereocenters. The molecule has 24 heavy (non-hydrogen) atoms. The number of hydrogen-bond donors (Lipinski definition) is 1. The summed E-state index contributed by atoms with van der Waals surface area (Å²) < 4.78 is 1.21. The zero-order chi connectivity index (χ0) is 16.8. The van der Waals surface area contributed by atoms with Gasteiger partial charge in [0.15, 0.2) is 0 Å². The second-order valence-corrected chi connectivity index (χ2v) is 7.27. The third-order valence-corrected chi connectivity index (χ3v) is 5.41. The molecule has 0 radical (unpaired) electrons. The highest BCUT2D eigenvalue weighted by molar-refractivity contribution is 9.10. The summed E-state index contributed by atoms with van der Waals surface area (Å²) in [6.07, 6.45) is 2.08. The molecule has 4 heteroatoms. The number of aryl methyl sites for hydroxylation is 1. The third-order valence-electron chi connectivity index (χ3n) is 4.67. The van der Waals surface area contributed by atoms with Gasteiger partial charge in [-0.15, -0.1) is 0 Å². The molecule has 0 amide bonds. The fourth-order valence-corrected chi connectivity index (χ4v) is 3.80. The first kappa shape index (κ1) is 17.5. The van der Waals surface area contributed by atoms with Crippen molar-refractivity contribution in [2.75, 3.05) is 37.6 Å². The second kappa shape index (κ2) is 8.65. The maximum atomic E-state index is 5.61. The van der Waals surface area contributed by atoms with E-state index in [2.05, 4.69) is 74.3 Å². The fourth-order valence-electron chi connectivity index (χ4n) is 3.23. The van der Waals surface area contributed by atoms with Gasteiger partial charge in [-0.2, -0.15) is 0 Å². The van der Waals surface area contributed by atoms with Crippen molar-refractivity contribution in [1.82, 2.24) is 4.90 Å². The lowest BCUT2D eigenvalue weighted by atomic mass is 10.1. The summed E-state index contributed by atoms with van der Waals surface area (Å²) >= 11 is 3.72. The molecule has 1 aliphatic rings. The van der Waals surface area contributed by atoms with Gasteiger partial charge in [0.2, 0.25) is 0 Å². The van der Waals surface area contributed by atoms with Crippen LogP contribution in [0.4, 0.5) is 5.69 Å². The largest absolute Gasteiger partial charge is 0.369 e. The second-order valence-electron chi connectivity index (χ2n) is 6.42. The summed E-state index contributed by atoms with van der Waals surface area (Å²) in [5.74, 6) is 0. The Hall–Kier alpha value is -1.36. The van der Waals surface area contributed by atoms with Crippen LogP contribution in [0, 0.1) is 0 Å². The van der Waals surface area contributed by atoms with Crippen LogP contribution in [0.3, 0.4) is 0 Å². The fraction of sp³-hybridized carbons (Fsp3) is 0.400. The quantitative estimate of drug-likeness (QED) is 0.820. The van der Waals surface area contributed by atoms with Crippen LogP contribution in [0.5, 0.6) is 0 Å². The van der Waals surface area contributed by atoms with Gasteiger partial charge in [-0.05, 0) is 42.6 Å². The summed E-state index contributed by atoms with van der Waals surface area (Å²) in [6, 6.07) is 17.5. The van der Waals surface area contributed by atoms with E-state index in [0.717, 1.165) is 52.1 Å². The molecule has 0 bridgehead atoms. The summed E-state index contributed by atoms with van der Waals surface area (Å²) in [4.78, 5) is 5.02. The molecule has 2 aromatic carbocycles. The number of nitrogens with zero attached hydrogens (tertiary/aromatic N) is 2. The highest BCUT2D eigenvalue weighted by atomic mass is 79.9. The number of nitrogens with two attached hydrogens (primary N) is 1. The average Bonchev–Trinajstić information content (AvgIpc) is 2.62. The average molecular weight is 388 g/mol. The SMILES string of the molecule is NCCCc1ccc(N2CCN(Cc3ccccc3)CC2)cc1Br. The van der Waals surface area contributed by atoms with Gasteiger partial charge in [-0.3, -0.25) is 4.90 Å². The van der Waals surface area contributed by atoms with Gasteiger partial charge in [0, 0.05) is 42.9 Å². The van der Waals surface area contributed by atoms with Gasteiger partial charge in [-0.1, -0.05) is 52.3 Å². The normalized spacial score (nSPS) is 15.7. The van der Waals surface area contributed by atoms with Crippen LogP contribution >= 0.6 is 15.9 Å². The van der Waals surface area contributed by atoms with Gasteiger partial charge < -0.3 is 10.6 Å². The van der Waals surface area contributed by atoms with Gasteiger partial charge in [0.05, 0.1) is 0 Å². The van der Waals surface area contributed by atoms with Crippen LogP contribution in [-0.4, -0.2) is 37.6 Å². The molecule has 2 aromatic rings. The Morgan fingerprint density at radius 3 is 2.38 bits per heavy atom. The minimum Gasteiger partial charge on any atom is -0.369 e. The summed E-state index contributed by atoms with van der Waals surface area (Å²) in [5.41, 5.74) is 9.69. The molecule has 3 nitrogen and oxygen atoms in total. The van der Waals surface area contributed by atoms with Crippen molar-refractivity contribution in [1.29, 1.82) is 0 Å². The van der Waals surface area contributed by atoms with E-state index in [0.29, 0.717) is 0 Å². The van der Waals surface area contributed by atoms with Crippen molar-refractivity contribution >= 4 is 21.6 Å². The van der Waals surface area contributed by atoms with Crippen LogP contribution in [0.15, 0.2) is 53.0 Å². The van der Waals surface area contributed by atoms with Crippen LogP contribution in [-0.2, 0) is 13.0 Å². The number of rotatable bonds is 6. The molecule has 0 saturated carbocycles. The number of benzene rings is 2. The van der Waals surface area contributed by atoms with Crippen molar-refractivity contribution < 1.29 is 0 Å². The molecule has 128 valence electrons. The first-order chi connectivity index (χ1) is 11.8. The lowest BCUT2D eigenvalue weighted by molar-refractivity contribution is 0.250. The zero-order valence-corrected chi connectivity index (χ0v) is 15.7. The molecular weight excluding hydrogens is 362 g/mol. The van der Waals surface area contributed by atoms with Crippen molar-refractivity contribution in [2.24, 2.45) is 5.73 Å². The number of anilines is 1. The van der Waals surface area contributed by atoms with E-state index in [1.54, 1.807) is 0 Å². The monoisotopic (exact) mass is 387 g/mol. The van der Waals surface area contributed by atoms with E-state index in [1.165, 1.54) is 21.3 Å². The predicted molar refractivity (Wildman–Crippen MR) is 105 cm³/mol. The first-order valence-electron chi connectivity index (χ1n) is 8.76. The predicted octanol–water partition coefficient (Wildman–Crippen LogP) is 3.66. The van der Waals surface area contributed by atoms with E-state index < -0.39 is 0 Å². The summed E-state index contributed by atoms with van der Waals surface area (Å²) in [7, 11) is 0. The number of halogens is 1. The Bertz CT molecular complexity index is 637. The van der Waals surface area contributed by atoms with Gasteiger partial charge in [-0.25, -0.2) is 0 Å². The topological polar surface area (TPSA) is 32.5 Å². The highest BCUT2D eigenvalue weighted by Crippen LogP contribution is 2.26. The van der Waals surface area contributed by atoms with Crippen molar-refractivity contribution in [3.05, 3.63) is 64.1 Å². The molecule has 0 atom stereocenters. The third kappa shape index (κ3) is 4.59. The van der Waals surface area contributed by atoms with Gasteiger partial charge in [0.25, 0.3) is 0 Å². The minimum atomic E-state index is 0.748. The molecule has 0 aliphatic carbocycles. The molecule has 0 aromatic heterocycles. The Kier molecular flexibility index (Phi) is 6.30. The Balaban J connectivity index is 1.55. The lowest BCUT2D eigenvalue weighted by Crippen LogP contribution is -2.45. The number of hydrogen-bond acceptors (Lipinski definition) is 3. The molecule has 0 spiro atoms. The van der Waals surface area contributed by atoms with Crippen LogP contribution in [0.1, 0.15) is 17.5 Å². The van der Waals surface area contributed by atoms with Crippen LogP contribution in [0.2, 0.25) is 0 Å². The molecule has 1 saturated heterocycles. The van der Waals surface area contributed by atoms with E-state index in [4.69, 9.17) is 5.73 Å².